The van der Waals surface area contributed by atoms with E-state index in [4.69, 9.17) is 9.90 Å². The van der Waals surface area contributed by atoms with Crippen LogP contribution in [0.5, 0.6) is 0 Å². The van der Waals surface area contributed by atoms with Crippen LogP contribution in [-0.4, -0.2) is 94.7 Å². The summed E-state index contributed by atoms with van der Waals surface area (Å²) >= 11 is 0. The molecule has 12 heteroatoms. The number of hydrogen-bond donors (Lipinski definition) is 2. The van der Waals surface area contributed by atoms with Crippen LogP contribution < -0.4 is 5.32 Å². The first-order valence-corrected chi connectivity index (χ1v) is 10.5. The third-order valence-electron chi connectivity index (χ3n) is 5.37. The molecule has 0 aromatic carbocycles. The molecule has 3 heterocycles. The quantitative estimate of drug-likeness (QED) is 0.694. The molecule has 2 aliphatic heterocycles. The Morgan fingerprint density at radius 1 is 1.24 bits per heavy atom. The number of carboxylic acids is 1. The number of rotatable bonds is 3. The van der Waals surface area contributed by atoms with Crippen LogP contribution in [0, 0.1) is 5.41 Å². The van der Waals surface area contributed by atoms with Crippen molar-refractivity contribution in [1.82, 2.24) is 25.0 Å². The second kappa shape index (κ2) is 10.8. The molecule has 184 valence electrons. The first-order valence-electron chi connectivity index (χ1n) is 10.5. The first kappa shape index (κ1) is 26.4. The summed E-state index contributed by atoms with van der Waals surface area (Å²) in [6.45, 7) is 8.29. The normalized spacial score (nSPS) is 21.6. The molecule has 33 heavy (non-hydrogen) atoms. The number of aromatic nitrogens is 1. The highest BCUT2D eigenvalue weighted by Crippen LogP contribution is 2.34. The van der Waals surface area contributed by atoms with Crippen LogP contribution in [0.4, 0.5) is 18.0 Å². The Bertz CT molecular complexity index is 837. The summed E-state index contributed by atoms with van der Waals surface area (Å²) in [5.74, 6) is -2.59. The van der Waals surface area contributed by atoms with E-state index in [9.17, 15) is 22.8 Å². The van der Waals surface area contributed by atoms with Gasteiger partial charge in [-0.05, 0) is 25.5 Å². The van der Waals surface area contributed by atoms with Gasteiger partial charge in [-0.1, -0.05) is 6.07 Å². The molecule has 2 N–H and O–H groups in total. The summed E-state index contributed by atoms with van der Waals surface area (Å²) in [6.07, 6.45) is -0.929. The summed E-state index contributed by atoms with van der Waals surface area (Å²) in [7, 11) is 1.85. The maximum Gasteiger partial charge on any atom is 0.490 e. The Balaban J connectivity index is 0.000000479. The van der Waals surface area contributed by atoms with Crippen molar-refractivity contribution in [3.05, 3.63) is 30.1 Å². The van der Waals surface area contributed by atoms with Crippen LogP contribution in [0.1, 0.15) is 25.8 Å². The van der Waals surface area contributed by atoms with E-state index in [1.165, 1.54) is 0 Å². The number of urea groups is 1. The Kier molecular flexibility index (Phi) is 8.64. The molecule has 9 nitrogen and oxygen atoms in total. The fourth-order valence-electron chi connectivity index (χ4n) is 4.06. The largest absolute Gasteiger partial charge is 0.490 e. The Morgan fingerprint density at radius 3 is 2.39 bits per heavy atom. The molecule has 3 rings (SSSR count). The lowest BCUT2D eigenvalue weighted by Crippen LogP contribution is -2.48. The minimum Gasteiger partial charge on any atom is -0.475 e. The number of alkyl halides is 3. The topological polar surface area (TPSA) is 106 Å². The molecule has 1 atom stereocenters. The Labute approximate surface area is 190 Å². The number of halogens is 3. The van der Waals surface area contributed by atoms with Crippen molar-refractivity contribution in [3.63, 3.8) is 0 Å². The number of carbonyl (C=O) groups is 3. The van der Waals surface area contributed by atoms with E-state index in [-0.39, 0.29) is 23.4 Å². The second-order valence-corrected chi connectivity index (χ2v) is 8.83. The number of carbonyl (C=O) groups excluding carboxylic acids is 2. The van der Waals surface area contributed by atoms with Gasteiger partial charge in [0.05, 0.1) is 0 Å². The maximum absolute atomic E-state index is 12.6. The zero-order valence-corrected chi connectivity index (χ0v) is 18.9. The van der Waals surface area contributed by atoms with E-state index in [0.29, 0.717) is 26.1 Å². The molecular formula is C21H30F3N5O4. The number of carboxylic acid groups (broad SMARTS) is 1. The number of likely N-dealkylation sites (tertiary alicyclic amines) is 1. The van der Waals surface area contributed by atoms with Crippen molar-refractivity contribution in [2.24, 2.45) is 5.41 Å². The fourth-order valence-corrected chi connectivity index (χ4v) is 4.06. The second-order valence-electron chi connectivity index (χ2n) is 8.83. The van der Waals surface area contributed by atoms with E-state index in [2.05, 4.69) is 21.3 Å². The summed E-state index contributed by atoms with van der Waals surface area (Å²) in [5.41, 5.74) is 0.944. The summed E-state index contributed by atoms with van der Waals surface area (Å²) in [4.78, 5) is 44.0. The highest BCUT2D eigenvalue weighted by atomic mass is 19.4. The zero-order chi connectivity index (χ0) is 24.8. The third kappa shape index (κ3) is 7.88. The molecule has 0 bridgehead atoms. The molecule has 2 aliphatic rings. The predicted octanol–water partition coefficient (Wildman–Crippen LogP) is 1.80. The van der Waals surface area contributed by atoms with E-state index in [0.717, 1.165) is 25.2 Å². The SMILES string of the molecule is CC(C)NC(=O)N1CCN(Cc2cccnc2)CC2(CC(=O)N(C)C2)C1.O=C(O)C(F)(F)F. The van der Waals surface area contributed by atoms with Crippen LogP contribution in [0.15, 0.2) is 24.5 Å². The number of nitrogens with one attached hydrogen (secondary N) is 1. The van der Waals surface area contributed by atoms with Gasteiger partial charge in [-0.25, -0.2) is 9.59 Å². The lowest BCUT2D eigenvalue weighted by Gasteiger charge is -2.33. The average molecular weight is 473 g/mol. The van der Waals surface area contributed by atoms with Gasteiger partial charge in [-0.3, -0.25) is 14.7 Å². The van der Waals surface area contributed by atoms with Crippen molar-refractivity contribution >= 4 is 17.9 Å². The summed E-state index contributed by atoms with van der Waals surface area (Å²) in [5, 5.41) is 10.1. The molecule has 0 radical (unpaired) electrons. The van der Waals surface area contributed by atoms with Crippen LogP contribution >= 0.6 is 0 Å². The molecule has 0 aliphatic carbocycles. The summed E-state index contributed by atoms with van der Waals surface area (Å²) < 4.78 is 31.7. The lowest BCUT2D eigenvalue weighted by molar-refractivity contribution is -0.192. The third-order valence-corrected chi connectivity index (χ3v) is 5.37. The van der Waals surface area contributed by atoms with Gasteiger partial charge in [0.1, 0.15) is 0 Å². The van der Waals surface area contributed by atoms with Gasteiger partial charge in [-0.2, -0.15) is 13.2 Å². The van der Waals surface area contributed by atoms with Gasteiger partial charge in [-0.15, -0.1) is 0 Å². The monoisotopic (exact) mass is 473 g/mol. The van der Waals surface area contributed by atoms with E-state index < -0.39 is 12.1 Å². The van der Waals surface area contributed by atoms with E-state index in [1.807, 2.05) is 38.1 Å². The molecular weight excluding hydrogens is 443 g/mol. The Hall–Kier alpha value is -2.89. The number of nitrogens with zero attached hydrogens (tertiary/aromatic N) is 4. The summed E-state index contributed by atoms with van der Waals surface area (Å²) in [6, 6.07) is 4.07. The molecule has 1 unspecified atom stereocenters. The molecule has 0 saturated carbocycles. The van der Waals surface area contributed by atoms with Gasteiger partial charge in [0.15, 0.2) is 0 Å². The Morgan fingerprint density at radius 2 is 1.91 bits per heavy atom. The molecule has 2 saturated heterocycles. The van der Waals surface area contributed by atoms with Crippen LogP contribution in [0.2, 0.25) is 0 Å². The van der Waals surface area contributed by atoms with Crippen molar-refractivity contribution in [2.75, 3.05) is 39.8 Å². The minimum absolute atomic E-state index is 0.0374. The molecule has 2 fully saturated rings. The van der Waals surface area contributed by atoms with Crippen LogP contribution in [0.25, 0.3) is 0 Å². The van der Waals surface area contributed by atoms with E-state index in [1.54, 1.807) is 11.1 Å². The fraction of sp³-hybridized carbons (Fsp3) is 0.619. The molecule has 1 aromatic heterocycles. The number of pyridine rings is 1. The maximum atomic E-state index is 12.6. The van der Waals surface area contributed by atoms with Gasteiger partial charge in [0, 0.05) is 76.6 Å². The highest BCUT2D eigenvalue weighted by Gasteiger charge is 2.46. The van der Waals surface area contributed by atoms with Gasteiger partial charge in [0.2, 0.25) is 5.91 Å². The standard InChI is InChI=1S/C19H29N5O2.C2HF3O2/c1-15(2)21-18(26)24-8-7-23(11-16-5-4-6-20-10-16)13-19(14-24)9-17(25)22(3)12-19;3-2(4,5)1(6)7/h4-6,10,15H,7-9,11-14H2,1-3H3,(H,21,26);(H,6,7). The number of aliphatic carboxylic acids is 1. The number of hydrogen-bond acceptors (Lipinski definition) is 5. The molecule has 1 spiro atoms. The van der Waals surface area contributed by atoms with Crippen molar-refractivity contribution < 1.29 is 32.7 Å². The van der Waals surface area contributed by atoms with Gasteiger partial charge < -0.3 is 20.2 Å². The average Bonchev–Trinajstić information content (AvgIpc) is 2.86. The van der Waals surface area contributed by atoms with Crippen LogP contribution in [-0.2, 0) is 16.1 Å². The van der Waals surface area contributed by atoms with Crippen molar-refractivity contribution in [3.8, 4) is 0 Å². The van der Waals surface area contributed by atoms with Gasteiger partial charge >= 0.3 is 18.2 Å². The highest BCUT2D eigenvalue weighted by molar-refractivity contribution is 5.80. The smallest absolute Gasteiger partial charge is 0.475 e. The molecule has 1 aromatic rings. The van der Waals surface area contributed by atoms with E-state index >= 15 is 0 Å². The number of amides is 3. The predicted molar refractivity (Wildman–Crippen MR) is 113 cm³/mol. The van der Waals surface area contributed by atoms with Crippen molar-refractivity contribution in [1.29, 1.82) is 0 Å². The molecule has 3 amide bonds. The zero-order valence-electron chi connectivity index (χ0n) is 18.9. The minimum atomic E-state index is -5.08. The lowest BCUT2D eigenvalue weighted by atomic mass is 9.86. The first-order chi connectivity index (χ1) is 15.3. The van der Waals surface area contributed by atoms with Gasteiger partial charge in [0.25, 0.3) is 0 Å². The van der Waals surface area contributed by atoms with Crippen LogP contribution in [0.3, 0.4) is 0 Å². The van der Waals surface area contributed by atoms with Crippen molar-refractivity contribution in [2.45, 2.75) is 39.0 Å².